The van der Waals surface area contributed by atoms with Crippen LogP contribution in [0.2, 0.25) is 0 Å². The fourth-order valence-corrected chi connectivity index (χ4v) is 8.09. The number of rotatable bonds is 12. The minimum Gasteiger partial charge on any atom is -0.461 e. The zero-order chi connectivity index (χ0) is 30.5. The highest BCUT2D eigenvalue weighted by atomic mass is 32.2. The topological polar surface area (TPSA) is 95.9 Å². The molecule has 2 heterocycles. The summed E-state index contributed by atoms with van der Waals surface area (Å²) in [6.07, 6.45) is 2.93. The predicted octanol–water partition coefficient (Wildman–Crippen LogP) is 5.70. The molecule has 1 saturated heterocycles. The third kappa shape index (κ3) is 7.77. The minimum atomic E-state index is -1.29. The van der Waals surface area contributed by atoms with Gasteiger partial charge >= 0.3 is 5.97 Å². The van der Waals surface area contributed by atoms with Gasteiger partial charge in [0.05, 0.1) is 10.3 Å². The van der Waals surface area contributed by atoms with E-state index in [1.165, 1.54) is 11.8 Å². The molecule has 2 fully saturated rings. The predicted molar refractivity (Wildman–Crippen MR) is 168 cm³/mol. The zero-order valence-electron chi connectivity index (χ0n) is 25.5. The normalized spacial score (nSPS) is 23.2. The largest absolute Gasteiger partial charge is 0.461 e. The molecular weight excluding hydrogens is 569 g/mol. The minimum absolute atomic E-state index is 0.150. The Bertz CT molecular complexity index is 1200. The van der Waals surface area contributed by atoms with Crippen LogP contribution < -0.4 is 5.32 Å². The Morgan fingerprint density at radius 3 is 2.50 bits per heavy atom. The summed E-state index contributed by atoms with van der Waals surface area (Å²) in [6.45, 7) is 11.7. The van der Waals surface area contributed by atoms with Crippen molar-refractivity contribution in [2.45, 2.75) is 102 Å². The van der Waals surface area contributed by atoms with Gasteiger partial charge in [0.15, 0.2) is 0 Å². The zero-order valence-corrected chi connectivity index (χ0v) is 27.1. The lowest BCUT2D eigenvalue weighted by atomic mass is 9.66. The van der Waals surface area contributed by atoms with Crippen molar-refractivity contribution in [2.24, 2.45) is 16.7 Å². The highest BCUT2D eigenvalue weighted by Crippen LogP contribution is 2.57. The number of thioether (sulfide) groups is 1. The van der Waals surface area contributed by atoms with Gasteiger partial charge in [-0.25, -0.2) is 4.79 Å². The number of nitrogens with zero attached hydrogens (tertiary/aromatic N) is 1. The van der Waals surface area contributed by atoms with E-state index < -0.39 is 24.1 Å². The Labute approximate surface area is 258 Å². The molecule has 0 spiro atoms. The number of aliphatic hydroxyl groups excluding tert-OH is 1. The van der Waals surface area contributed by atoms with Crippen molar-refractivity contribution in [1.29, 1.82) is 0 Å². The van der Waals surface area contributed by atoms with Crippen LogP contribution in [-0.4, -0.2) is 64.4 Å². The van der Waals surface area contributed by atoms with E-state index >= 15 is 0 Å². The van der Waals surface area contributed by atoms with Gasteiger partial charge < -0.3 is 20.1 Å². The number of hydrogen-bond acceptors (Lipinski definition) is 7. The third-order valence-corrected chi connectivity index (χ3v) is 11.9. The number of likely N-dealkylation sites (tertiary alicyclic amines) is 1. The first-order valence-electron chi connectivity index (χ1n) is 15.1. The van der Waals surface area contributed by atoms with E-state index in [2.05, 4.69) is 33.0 Å². The van der Waals surface area contributed by atoms with Crippen molar-refractivity contribution in [1.82, 2.24) is 10.2 Å². The fourth-order valence-electron chi connectivity index (χ4n) is 6.27. The summed E-state index contributed by atoms with van der Waals surface area (Å²) in [5.41, 5.74) is 1.22. The Balaban J connectivity index is 1.40. The molecule has 5 atom stereocenters. The Morgan fingerprint density at radius 2 is 1.86 bits per heavy atom. The van der Waals surface area contributed by atoms with Crippen LogP contribution in [0.3, 0.4) is 0 Å². The van der Waals surface area contributed by atoms with Gasteiger partial charge in [0.2, 0.25) is 11.8 Å². The van der Waals surface area contributed by atoms with Crippen LogP contribution >= 0.6 is 23.1 Å². The lowest BCUT2D eigenvalue weighted by Crippen LogP contribution is -2.55. The van der Waals surface area contributed by atoms with Gasteiger partial charge in [0.1, 0.15) is 18.2 Å². The number of benzene rings is 1. The van der Waals surface area contributed by atoms with Crippen LogP contribution in [-0.2, 0) is 25.5 Å². The molecule has 2 N–H and O–H groups in total. The third-order valence-electron chi connectivity index (χ3n) is 9.70. The second-order valence-electron chi connectivity index (χ2n) is 13.0. The summed E-state index contributed by atoms with van der Waals surface area (Å²) in [5.74, 6) is -0.524. The molecule has 1 aromatic carbocycles. The molecular formula is C33H46N2O5S2. The first-order valence-corrected chi connectivity index (χ1v) is 16.9. The molecule has 7 nitrogen and oxygen atoms in total. The van der Waals surface area contributed by atoms with Crippen molar-refractivity contribution in [3.8, 4) is 0 Å². The highest BCUT2D eigenvalue weighted by molar-refractivity contribution is 8.01. The van der Waals surface area contributed by atoms with E-state index in [1.807, 2.05) is 54.8 Å². The highest BCUT2D eigenvalue weighted by Gasteiger charge is 2.49. The number of esters is 1. The molecule has 2 amide bonds. The number of hydrogen-bond donors (Lipinski definition) is 2. The Hall–Kier alpha value is -2.36. The maximum absolute atomic E-state index is 13.9. The first-order chi connectivity index (χ1) is 19.9. The van der Waals surface area contributed by atoms with Crippen molar-refractivity contribution in [2.75, 3.05) is 12.3 Å². The molecule has 42 heavy (non-hydrogen) atoms. The Kier molecular flexibility index (Phi) is 10.8. The summed E-state index contributed by atoms with van der Waals surface area (Å²) in [5, 5.41) is 15.4. The van der Waals surface area contributed by atoms with Crippen molar-refractivity contribution < 1.29 is 24.2 Å². The van der Waals surface area contributed by atoms with E-state index in [4.69, 9.17) is 4.74 Å². The first kappa shape index (κ1) is 32.6. The summed E-state index contributed by atoms with van der Waals surface area (Å²) in [6, 6.07) is 11.6. The van der Waals surface area contributed by atoms with E-state index in [0.29, 0.717) is 31.1 Å². The van der Waals surface area contributed by atoms with Crippen LogP contribution in [0, 0.1) is 16.7 Å². The molecule has 1 saturated carbocycles. The number of amides is 2. The van der Waals surface area contributed by atoms with Crippen molar-refractivity contribution >= 4 is 40.9 Å². The number of aliphatic hydroxyl groups is 1. The summed E-state index contributed by atoms with van der Waals surface area (Å²) >= 11 is 3.04. The lowest BCUT2D eigenvalue weighted by Gasteiger charge is -2.40. The van der Waals surface area contributed by atoms with E-state index in [9.17, 15) is 19.5 Å². The fraction of sp³-hybridized carbons (Fsp3) is 0.606. The van der Waals surface area contributed by atoms with Gasteiger partial charge in [-0.2, -0.15) is 0 Å². The molecule has 2 aliphatic rings. The number of carbonyl (C=O) groups excluding carboxylic acids is 3. The SMILES string of the molecule is CC(CC1CCC(C)(C)C1(C)C)OC(=O)C1CCCN1C(=O)C(CSc1cccs1)NC(=O)C(O)Cc1ccccc1. The van der Waals surface area contributed by atoms with E-state index in [0.717, 1.165) is 29.0 Å². The summed E-state index contributed by atoms with van der Waals surface area (Å²) < 4.78 is 6.98. The van der Waals surface area contributed by atoms with Crippen molar-refractivity contribution in [3.05, 3.63) is 53.4 Å². The standard InChI is InChI=1S/C33H46N2O5S2/c1-22(19-24-15-16-32(2,3)33(24,4)5)40-31(39)26-13-9-17-35(26)30(38)25(21-42-28-14-10-18-41-28)34-29(37)27(36)20-23-11-7-6-8-12-23/h6-8,10-12,14,18,22,24-27,36H,9,13,15-17,19-21H2,1-5H3,(H,34,37). The number of nitrogens with one attached hydrogen (secondary N) is 1. The molecule has 4 rings (SSSR count). The molecule has 230 valence electrons. The molecule has 1 aliphatic carbocycles. The quantitative estimate of drug-likeness (QED) is 0.235. The van der Waals surface area contributed by atoms with Crippen molar-refractivity contribution in [3.63, 3.8) is 0 Å². The van der Waals surface area contributed by atoms with Crippen LogP contribution in [0.5, 0.6) is 0 Å². The molecule has 0 bridgehead atoms. The summed E-state index contributed by atoms with van der Waals surface area (Å²) in [7, 11) is 0. The van der Waals surface area contributed by atoms with Gasteiger partial charge in [-0.1, -0.05) is 64.1 Å². The molecule has 0 radical (unpaired) electrons. The van der Waals surface area contributed by atoms with Crippen LogP contribution in [0.4, 0.5) is 0 Å². The van der Waals surface area contributed by atoms with Gasteiger partial charge in [0, 0.05) is 18.7 Å². The maximum atomic E-state index is 13.9. The number of carbonyl (C=O) groups is 3. The molecule has 1 aliphatic heterocycles. The number of ether oxygens (including phenoxy) is 1. The summed E-state index contributed by atoms with van der Waals surface area (Å²) in [4.78, 5) is 41.9. The van der Waals surface area contributed by atoms with Gasteiger partial charge in [-0.3, -0.25) is 9.59 Å². The smallest absolute Gasteiger partial charge is 0.329 e. The average molecular weight is 615 g/mol. The molecule has 5 unspecified atom stereocenters. The van der Waals surface area contributed by atoms with Gasteiger partial charge in [-0.05, 0) is 72.8 Å². The second kappa shape index (κ2) is 14.0. The average Bonchev–Trinajstić information content (AvgIpc) is 3.69. The monoisotopic (exact) mass is 614 g/mol. The lowest BCUT2D eigenvalue weighted by molar-refractivity contribution is -0.158. The van der Waals surface area contributed by atoms with Crippen LogP contribution in [0.1, 0.15) is 72.3 Å². The molecule has 2 aromatic rings. The molecule has 1 aromatic heterocycles. The van der Waals surface area contributed by atoms with Gasteiger partial charge in [0.25, 0.3) is 0 Å². The van der Waals surface area contributed by atoms with Crippen LogP contribution in [0.15, 0.2) is 52.1 Å². The van der Waals surface area contributed by atoms with E-state index in [-0.39, 0.29) is 35.2 Å². The number of thiophene rings is 1. The van der Waals surface area contributed by atoms with Gasteiger partial charge in [-0.15, -0.1) is 23.1 Å². The van der Waals surface area contributed by atoms with E-state index in [1.54, 1.807) is 16.2 Å². The Morgan fingerprint density at radius 1 is 1.12 bits per heavy atom. The molecule has 9 heteroatoms. The second-order valence-corrected chi connectivity index (χ2v) is 15.3. The van der Waals surface area contributed by atoms with Crippen LogP contribution in [0.25, 0.3) is 0 Å². The maximum Gasteiger partial charge on any atom is 0.329 e.